The van der Waals surface area contributed by atoms with Gasteiger partial charge in [-0.15, -0.1) is 0 Å². The summed E-state index contributed by atoms with van der Waals surface area (Å²) in [4.78, 5) is 26.0. The maximum atomic E-state index is 13.0. The normalized spacial score (nSPS) is 13.5. The number of amides is 2. The molecule has 0 fully saturated rings. The van der Waals surface area contributed by atoms with Crippen LogP contribution in [0.2, 0.25) is 5.02 Å². The highest BCUT2D eigenvalue weighted by molar-refractivity contribution is 6.30. The number of hydrogen-bond donors (Lipinski definition) is 1. The Morgan fingerprint density at radius 2 is 1.76 bits per heavy atom. The Labute approximate surface area is 174 Å². The van der Waals surface area contributed by atoms with E-state index in [0.29, 0.717) is 29.4 Å². The van der Waals surface area contributed by atoms with E-state index in [1.54, 1.807) is 24.3 Å². The number of benzene rings is 2. The van der Waals surface area contributed by atoms with Crippen molar-refractivity contribution in [1.82, 2.24) is 14.7 Å². The maximum Gasteiger partial charge on any atom is 0.254 e. The third kappa shape index (κ3) is 4.32. The average Bonchev–Trinajstić information content (AvgIpc) is 2.99. The quantitative estimate of drug-likeness (QED) is 0.706. The Hall–Kier alpha value is -3.12. The highest BCUT2D eigenvalue weighted by atomic mass is 35.5. The van der Waals surface area contributed by atoms with Gasteiger partial charge in [-0.25, -0.2) is 0 Å². The molecule has 3 aromatic rings. The molecule has 0 spiro atoms. The van der Waals surface area contributed by atoms with Crippen molar-refractivity contribution in [3.8, 4) is 11.3 Å². The van der Waals surface area contributed by atoms with Crippen LogP contribution in [-0.4, -0.2) is 33.0 Å². The van der Waals surface area contributed by atoms with Gasteiger partial charge in [0, 0.05) is 41.9 Å². The molecule has 0 saturated carbocycles. The lowest BCUT2D eigenvalue weighted by Gasteiger charge is -2.20. The van der Waals surface area contributed by atoms with E-state index in [9.17, 15) is 9.59 Å². The summed E-state index contributed by atoms with van der Waals surface area (Å²) < 4.78 is 1.98. The number of carbonyl (C=O) groups is 2. The third-order valence-electron chi connectivity index (χ3n) is 4.89. The molecule has 0 unspecified atom stereocenters. The van der Waals surface area contributed by atoms with Gasteiger partial charge >= 0.3 is 0 Å². The first-order chi connectivity index (χ1) is 14.0. The van der Waals surface area contributed by atoms with Crippen LogP contribution in [0.4, 0.5) is 5.69 Å². The molecule has 7 heteroatoms. The van der Waals surface area contributed by atoms with E-state index in [4.69, 9.17) is 16.7 Å². The second-order valence-electron chi connectivity index (χ2n) is 7.09. The summed E-state index contributed by atoms with van der Waals surface area (Å²) in [6, 6.07) is 16.6. The van der Waals surface area contributed by atoms with Crippen molar-refractivity contribution in [3.63, 3.8) is 0 Å². The van der Waals surface area contributed by atoms with E-state index in [-0.39, 0.29) is 11.8 Å². The van der Waals surface area contributed by atoms with Crippen molar-refractivity contribution in [2.75, 3.05) is 11.9 Å². The Morgan fingerprint density at radius 3 is 2.45 bits per heavy atom. The van der Waals surface area contributed by atoms with Crippen LogP contribution in [-0.2, 0) is 17.9 Å². The number of nitrogens with one attached hydrogen (secondary N) is 1. The second kappa shape index (κ2) is 8.09. The van der Waals surface area contributed by atoms with Crippen LogP contribution in [0, 0.1) is 0 Å². The first-order valence-corrected chi connectivity index (χ1v) is 9.87. The van der Waals surface area contributed by atoms with Crippen molar-refractivity contribution in [3.05, 3.63) is 70.9 Å². The van der Waals surface area contributed by atoms with E-state index in [2.05, 4.69) is 5.32 Å². The lowest BCUT2D eigenvalue weighted by molar-refractivity contribution is -0.114. The molecule has 0 aliphatic carbocycles. The molecule has 1 aliphatic rings. The van der Waals surface area contributed by atoms with Gasteiger partial charge in [0.15, 0.2) is 0 Å². The summed E-state index contributed by atoms with van der Waals surface area (Å²) in [5.74, 6) is -0.164. The lowest BCUT2D eigenvalue weighted by Crippen LogP contribution is -2.30. The second-order valence-corrected chi connectivity index (χ2v) is 7.53. The number of aromatic nitrogens is 2. The molecule has 0 radical (unpaired) electrons. The number of carbonyl (C=O) groups excluding carboxylic acids is 2. The topological polar surface area (TPSA) is 67.2 Å². The Balaban J connectivity index is 1.53. The summed E-state index contributed by atoms with van der Waals surface area (Å²) in [6.45, 7) is 3.41. The summed E-state index contributed by atoms with van der Waals surface area (Å²) in [5, 5.41) is 8.11. The molecule has 2 amide bonds. The minimum Gasteiger partial charge on any atom is -0.333 e. The first-order valence-electron chi connectivity index (χ1n) is 9.49. The molecule has 1 N–H and O–H groups in total. The van der Waals surface area contributed by atoms with Crippen LogP contribution < -0.4 is 5.32 Å². The minimum absolute atomic E-state index is 0.0259. The molecule has 0 saturated heterocycles. The smallest absolute Gasteiger partial charge is 0.254 e. The molecule has 0 bridgehead atoms. The van der Waals surface area contributed by atoms with Gasteiger partial charge in [-0.2, -0.15) is 5.10 Å². The molecule has 1 aliphatic heterocycles. The molecule has 6 nitrogen and oxygen atoms in total. The van der Waals surface area contributed by atoms with Gasteiger partial charge in [-0.1, -0.05) is 23.7 Å². The molecule has 1 aromatic heterocycles. The van der Waals surface area contributed by atoms with Crippen LogP contribution in [0.1, 0.15) is 29.4 Å². The fourth-order valence-electron chi connectivity index (χ4n) is 3.48. The summed E-state index contributed by atoms with van der Waals surface area (Å²) in [7, 11) is 0. The molecule has 148 valence electrons. The number of nitrogens with zero attached hydrogens (tertiary/aromatic N) is 3. The van der Waals surface area contributed by atoms with Crippen LogP contribution in [0.15, 0.2) is 54.6 Å². The van der Waals surface area contributed by atoms with Crippen molar-refractivity contribution >= 4 is 29.1 Å². The standard InChI is InChI=1S/C22H21ClN4O2/c1-15(28)24-19-9-5-17(6-10-19)22(29)26-11-2-12-27-20(14-26)13-21(25-27)16-3-7-18(23)8-4-16/h3-10,13H,2,11-12,14H2,1H3,(H,24,28). The van der Waals surface area contributed by atoms with Crippen molar-refractivity contribution in [1.29, 1.82) is 0 Å². The molecular weight excluding hydrogens is 388 g/mol. The zero-order valence-corrected chi connectivity index (χ0v) is 16.8. The van der Waals surface area contributed by atoms with E-state index in [1.807, 2.05) is 39.9 Å². The van der Waals surface area contributed by atoms with E-state index >= 15 is 0 Å². The van der Waals surface area contributed by atoms with Gasteiger partial charge in [0.1, 0.15) is 0 Å². The number of hydrogen-bond acceptors (Lipinski definition) is 3. The number of halogens is 1. The van der Waals surface area contributed by atoms with Crippen molar-refractivity contribution in [2.45, 2.75) is 26.4 Å². The molecule has 4 rings (SSSR count). The maximum absolute atomic E-state index is 13.0. The molecular formula is C22H21ClN4O2. The Bertz CT molecular complexity index is 1040. The monoisotopic (exact) mass is 408 g/mol. The van der Waals surface area contributed by atoms with Crippen molar-refractivity contribution in [2.24, 2.45) is 0 Å². The lowest BCUT2D eigenvalue weighted by atomic mass is 10.1. The zero-order valence-electron chi connectivity index (χ0n) is 16.1. The van der Waals surface area contributed by atoms with Crippen molar-refractivity contribution < 1.29 is 9.59 Å². The number of aryl methyl sites for hydroxylation is 1. The van der Waals surface area contributed by atoms with Gasteiger partial charge < -0.3 is 10.2 Å². The summed E-state index contributed by atoms with van der Waals surface area (Å²) >= 11 is 5.98. The predicted octanol–water partition coefficient (Wildman–Crippen LogP) is 4.21. The fraction of sp³-hybridized carbons (Fsp3) is 0.227. The summed E-state index contributed by atoms with van der Waals surface area (Å²) in [5.41, 5.74) is 4.17. The van der Waals surface area contributed by atoms with Gasteiger partial charge in [-0.3, -0.25) is 14.3 Å². The molecule has 2 heterocycles. The predicted molar refractivity (Wildman–Crippen MR) is 113 cm³/mol. The Kier molecular flexibility index (Phi) is 5.36. The van der Waals surface area contributed by atoms with Gasteiger partial charge in [-0.05, 0) is 48.9 Å². The van der Waals surface area contributed by atoms with Crippen LogP contribution >= 0.6 is 11.6 Å². The van der Waals surface area contributed by atoms with Crippen LogP contribution in [0.5, 0.6) is 0 Å². The highest BCUT2D eigenvalue weighted by Crippen LogP contribution is 2.24. The number of fused-ring (bicyclic) bond motifs is 1. The van der Waals surface area contributed by atoms with Gasteiger partial charge in [0.05, 0.1) is 17.9 Å². The van der Waals surface area contributed by atoms with E-state index < -0.39 is 0 Å². The third-order valence-corrected chi connectivity index (χ3v) is 5.15. The SMILES string of the molecule is CC(=O)Nc1ccc(C(=O)N2CCCn3nc(-c4ccc(Cl)cc4)cc3C2)cc1. The van der Waals surface area contributed by atoms with Crippen LogP contribution in [0.3, 0.4) is 0 Å². The zero-order chi connectivity index (χ0) is 20.4. The van der Waals surface area contributed by atoms with Gasteiger partial charge in [0.25, 0.3) is 5.91 Å². The average molecular weight is 409 g/mol. The number of anilines is 1. The molecule has 0 atom stereocenters. The highest BCUT2D eigenvalue weighted by Gasteiger charge is 2.22. The number of rotatable bonds is 3. The first kappa shape index (κ1) is 19.2. The molecule has 2 aromatic carbocycles. The van der Waals surface area contributed by atoms with Gasteiger partial charge in [0.2, 0.25) is 5.91 Å². The Morgan fingerprint density at radius 1 is 1.03 bits per heavy atom. The van der Waals surface area contributed by atoms with E-state index in [0.717, 1.165) is 29.9 Å². The molecule has 29 heavy (non-hydrogen) atoms. The largest absolute Gasteiger partial charge is 0.333 e. The minimum atomic E-state index is -0.138. The van der Waals surface area contributed by atoms with Crippen LogP contribution in [0.25, 0.3) is 11.3 Å². The fourth-order valence-corrected chi connectivity index (χ4v) is 3.61. The van der Waals surface area contributed by atoms with E-state index in [1.165, 1.54) is 6.92 Å². The summed E-state index contributed by atoms with van der Waals surface area (Å²) in [6.07, 6.45) is 0.838.